The summed E-state index contributed by atoms with van der Waals surface area (Å²) < 4.78 is 0. The molecule has 84 valence electrons. The van der Waals surface area contributed by atoms with Crippen LogP contribution in [0.15, 0.2) is 0 Å². The fraction of sp³-hybridized carbons (Fsp3) is 1.00. The van der Waals surface area contributed by atoms with Gasteiger partial charge < -0.3 is 11.1 Å². The van der Waals surface area contributed by atoms with Crippen molar-refractivity contribution in [3.05, 3.63) is 0 Å². The molecule has 4 aliphatic rings. The highest BCUT2D eigenvalue weighted by molar-refractivity contribution is 5.31. The molecule has 15 heavy (non-hydrogen) atoms. The number of hydrogen-bond acceptors (Lipinski definition) is 2. The van der Waals surface area contributed by atoms with Crippen LogP contribution in [0.3, 0.4) is 0 Å². The average molecular weight is 206 g/mol. The monoisotopic (exact) mass is 206 g/mol. The summed E-state index contributed by atoms with van der Waals surface area (Å²) in [6.07, 6.45) is 10.0. The van der Waals surface area contributed by atoms with Gasteiger partial charge >= 0.3 is 0 Å². The van der Waals surface area contributed by atoms with Gasteiger partial charge in [-0.15, -0.1) is 0 Å². The SMILES string of the molecule is NC1(C2CC23CCCC3)CC12CCNC2. The molecule has 0 bridgehead atoms. The molecule has 3 atom stereocenters. The van der Waals surface area contributed by atoms with Gasteiger partial charge in [-0.05, 0) is 50.0 Å². The van der Waals surface area contributed by atoms with Crippen molar-refractivity contribution in [2.45, 2.75) is 50.5 Å². The van der Waals surface area contributed by atoms with Crippen LogP contribution in [0.5, 0.6) is 0 Å². The Labute approximate surface area is 92.0 Å². The Morgan fingerprint density at radius 3 is 2.60 bits per heavy atom. The Morgan fingerprint density at radius 1 is 1.13 bits per heavy atom. The van der Waals surface area contributed by atoms with Crippen molar-refractivity contribution < 1.29 is 0 Å². The third-order valence-electron chi connectivity index (χ3n) is 6.15. The summed E-state index contributed by atoms with van der Waals surface area (Å²) >= 11 is 0. The van der Waals surface area contributed by atoms with Gasteiger partial charge in [0.25, 0.3) is 0 Å². The van der Waals surface area contributed by atoms with Gasteiger partial charge in [-0.3, -0.25) is 0 Å². The van der Waals surface area contributed by atoms with E-state index < -0.39 is 0 Å². The summed E-state index contributed by atoms with van der Waals surface area (Å²) in [4.78, 5) is 0. The normalized spacial score (nSPS) is 55.4. The molecule has 0 aromatic carbocycles. The first kappa shape index (κ1) is 9.00. The van der Waals surface area contributed by atoms with Crippen LogP contribution in [0.2, 0.25) is 0 Å². The van der Waals surface area contributed by atoms with E-state index in [9.17, 15) is 0 Å². The molecule has 0 amide bonds. The molecule has 3 saturated carbocycles. The van der Waals surface area contributed by atoms with Crippen LogP contribution in [0, 0.1) is 16.7 Å². The molecule has 3 N–H and O–H groups in total. The lowest BCUT2D eigenvalue weighted by atomic mass is 9.90. The Bertz CT molecular complexity index is 300. The lowest BCUT2D eigenvalue weighted by molar-refractivity contribution is 0.347. The van der Waals surface area contributed by atoms with E-state index in [-0.39, 0.29) is 5.54 Å². The van der Waals surface area contributed by atoms with Crippen molar-refractivity contribution in [1.82, 2.24) is 5.32 Å². The summed E-state index contributed by atoms with van der Waals surface area (Å²) in [7, 11) is 0. The van der Waals surface area contributed by atoms with Gasteiger partial charge in [0.05, 0.1) is 0 Å². The highest BCUT2D eigenvalue weighted by Gasteiger charge is 2.77. The van der Waals surface area contributed by atoms with E-state index in [2.05, 4.69) is 5.32 Å². The van der Waals surface area contributed by atoms with Gasteiger partial charge in [-0.2, -0.15) is 0 Å². The van der Waals surface area contributed by atoms with Crippen molar-refractivity contribution in [3.8, 4) is 0 Å². The second kappa shape index (κ2) is 2.43. The third-order valence-corrected chi connectivity index (χ3v) is 6.15. The number of rotatable bonds is 1. The van der Waals surface area contributed by atoms with Gasteiger partial charge in [0, 0.05) is 17.5 Å². The van der Waals surface area contributed by atoms with Crippen LogP contribution in [0.25, 0.3) is 0 Å². The quantitative estimate of drug-likeness (QED) is 0.684. The molecule has 1 saturated heterocycles. The van der Waals surface area contributed by atoms with Gasteiger partial charge in [0.2, 0.25) is 0 Å². The summed E-state index contributed by atoms with van der Waals surface area (Å²) in [6.45, 7) is 2.41. The highest BCUT2D eigenvalue weighted by Crippen LogP contribution is 2.76. The van der Waals surface area contributed by atoms with E-state index in [1.807, 2.05) is 0 Å². The largest absolute Gasteiger partial charge is 0.324 e. The van der Waals surface area contributed by atoms with Crippen LogP contribution in [-0.4, -0.2) is 18.6 Å². The van der Waals surface area contributed by atoms with E-state index in [0.29, 0.717) is 5.41 Å². The number of hydrogen-bond donors (Lipinski definition) is 2. The van der Waals surface area contributed by atoms with E-state index in [4.69, 9.17) is 5.73 Å². The molecule has 3 unspecified atom stereocenters. The van der Waals surface area contributed by atoms with Crippen LogP contribution in [-0.2, 0) is 0 Å². The Balaban J connectivity index is 1.56. The zero-order valence-corrected chi connectivity index (χ0v) is 9.52. The molecular weight excluding hydrogens is 184 g/mol. The summed E-state index contributed by atoms with van der Waals surface area (Å²) in [5, 5.41) is 3.51. The van der Waals surface area contributed by atoms with Gasteiger partial charge in [-0.25, -0.2) is 0 Å². The van der Waals surface area contributed by atoms with Crippen LogP contribution in [0.4, 0.5) is 0 Å². The van der Waals surface area contributed by atoms with E-state index in [1.165, 1.54) is 58.0 Å². The molecule has 2 spiro atoms. The van der Waals surface area contributed by atoms with Crippen LogP contribution >= 0.6 is 0 Å². The standard InChI is InChI=1S/C13H22N2/c14-13(8-12(13)5-6-15-9-12)10-7-11(10)3-1-2-4-11/h10,15H,1-9,14H2. The van der Waals surface area contributed by atoms with Gasteiger partial charge in [0.1, 0.15) is 0 Å². The summed E-state index contributed by atoms with van der Waals surface area (Å²) in [5.41, 5.74) is 8.23. The third kappa shape index (κ3) is 0.938. The van der Waals surface area contributed by atoms with Crippen molar-refractivity contribution >= 4 is 0 Å². The molecule has 4 rings (SSSR count). The molecule has 2 heteroatoms. The maximum atomic E-state index is 6.71. The first-order valence-corrected chi connectivity index (χ1v) is 6.71. The number of nitrogens with one attached hydrogen (secondary N) is 1. The minimum absolute atomic E-state index is 0.251. The van der Waals surface area contributed by atoms with Crippen molar-refractivity contribution in [2.24, 2.45) is 22.5 Å². The second-order valence-electron chi connectivity index (χ2n) is 6.75. The van der Waals surface area contributed by atoms with E-state index >= 15 is 0 Å². The van der Waals surface area contributed by atoms with Crippen LogP contribution < -0.4 is 11.1 Å². The van der Waals surface area contributed by atoms with Crippen molar-refractivity contribution in [1.29, 1.82) is 0 Å². The number of nitrogens with two attached hydrogens (primary N) is 1. The molecule has 1 aliphatic heterocycles. The Kier molecular flexibility index (Phi) is 1.46. The van der Waals surface area contributed by atoms with Crippen molar-refractivity contribution in [2.75, 3.05) is 13.1 Å². The fourth-order valence-corrected chi connectivity index (χ4v) is 5.01. The maximum Gasteiger partial charge on any atom is 0.0265 e. The van der Waals surface area contributed by atoms with Crippen LogP contribution in [0.1, 0.15) is 44.9 Å². The summed E-state index contributed by atoms with van der Waals surface area (Å²) in [6, 6.07) is 0. The van der Waals surface area contributed by atoms with E-state index in [1.54, 1.807) is 0 Å². The minimum atomic E-state index is 0.251. The molecule has 0 radical (unpaired) electrons. The zero-order chi connectivity index (χ0) is 10.1. The first-order valence-electron chi connectivity index (χ1n) is 6.71. The molecule has 3 aliphatic carbocycles. The molecule has 4 fully saturated rings. The Hall–Kier alpha value is -0.0800. The second-order valence-corrected chi connectivity index (χ2v) is 6.75. The van der Waals surface area contributed by atoms with Gasteiger partial charge in [-0.1, -0.05) is 12.8 Å². The minimum Gasteiger partial charge on any atom is -0.324 e. The molecule has 2 nitrogen and oxygen atoms in total. The first-order chi connectivity index (χ1) is 7.21. The van der Waals surface area contributed by atoms with Crippen molar-refractivity contribution in [3.63, 3.8) is 0 Å². The highest BCUT2D eigenvalue weighted by atomic mass is 15.1. The predicted molar refractivity (Wildman–Crippen MR) is 60.5 cm³/mol. The topological polar surface area (TPSA) is 38.0 Å². The molecule has 0 aromatic heterocycles. The van der Waals surface area contributed by atoms with Gasteiger partial charge in [0.15, 0.2) is 0 Å². The predicted octanol–water partition coefficient (Wildman–Crippen LogP) is 1.65. The summed E-state index contributed by atoms with van der Waals surface area (Å²) in [5.74, 6) is 0.896. The lowest BCUT2D eigenvalue weighted by Crippen LogP contribution is -2.36. The molecular formula is C13H22N2. The fourth-order valence-electron chi connectivity index (χ4n) is 5.01. The molecule has 0 aromatic rings. The zero-order valence-electron chi connectivity index (χ0n) is 9.52. The lowest BCUT2D eigenvalue weighted by Gasteiger charge is -2.20. The van der Waals surface area contributed by atoms with E-state index in [0.717, 1.165) is 11.3 Å². The average Bonchev–Trinajstić information content (AvgIpc) is 2.81. The maximum absolute atomic E-state index is 6.71. The smallest absolute Gasteiger partial charge is 0.0265 e. The molecule has 1 heterocycles. The Morgan fingerprint density at radius 2 is 1.93 bits per heavy atom.